The number of carbonyl (C=O) groups excluding carboxylic acids is 1. The highest BCUT2D eigenvalue weighted by atomic mass is 16.5. The third kappa shape index (κ3) is 4.04. The van der Waals surface area contributed by atoms with E-state index >= 15 is 0 Å². The molecule has 0 spiro atoms. The summed E-state index contributed by atoms with van der Waals surface area (Å²) in [5.74, 6) is 1.29. The van der Waals surface area contributed by atoms with E-state index in [9.17, 15) is 9.90 Å². The highest BCUT2D eigenvalue weighted by Gasteiger charge is 2.06. The number of rotatable bonds is 4. The van der Waals surface area contributed by atoms with Gasteiger partial charge in [-0.15, -0.1) is 0 Å². The zero-order valence-corrected chi connectivity index (χ0v) is 11.7. The number of amides is 2. The largest absolute Gasteiger partial charge is 0.508 e. The van der Waals surface area contributed by atoms with Gasteiger partial charge >= 0.3 is 6.03 Å². The predicted molar refractivity (Wildman–Crippen MR) is 80.3 cm³/mol. The quantitative estimate of drug-likeness (QED) is 0.755. The molecule has 21 heavy (non-hydrogen) atoms. The molecular formula is C15H16N2O4. The van der Waals surface area contributed by atoms with Crippen LogP contribution in [-0.4, -0.2) is 25.4 Å². The molecule has 2 aromatic carbocycles. The van der Waals surface area contributed by atoms with E-state index in [0.717, 1.165) is 0 Å². The third-order valence-corrected chi connectivity index (χ3v) is 2.73. The smallest absolute Gasteiger partial charge is 0.323 e. The lowest BCUT2D eigenvalue weighted by Gasteiger charge is -2.11. The number of phenols is 1. The second kappa shape index (κ2) is 6.51. The summed E-state index contributed by atoms with van der Waals surface area (Å²) in [5, 5.41) is 14.5. The van der Waals surface area contributed by atoms with Crippen LogP contribution in [0.3, 0.4) is 0 Å². The summed E-state index contributed by atoms with van der Waals surface area (Å²) in [6.45, 7) is 0. The summed E-state index contributed by atoms with van der Waals surface area (Å²) in [4.78, 5) is 11.9. The average molecular weight is 288 g/mol. The first-order valence-electron chi connectivity index (χ1n) is 6.21. The van der Waals surface area contributed by atoms with E-state index < -0.39 is 6.03 Å². The Labute approximate surface area is 122 Å². The Balaban J connectivity index is 2.06. The van der Waals surface area contributed by atoms with E-state index in [0.29, 0.717) is 22.9 Å². The molecule has 0 bridgehead atoms. The second-order valence-corrected chi connectivity index (χ2v) is 4.23. The summed E-state index contributed by atoms with van der Waals surface area (Å²) < 4.78 is 10.3. The van der Waals surface area contributed by atoms with Gasteiger partial charge in [0.15, 0.2) is 0 Å². The fraction of sp³-hybridized carbons (Fsp3) is 0.133. The number of benzene rings is 2. The minimum absolute atomic E-state index is 0.137. The highest BCUT2D eigenvalue weighted by molar-refractivity contribution is 6.00. The molecule has 110 valence electrons. The van der Waals surface area contributed by atoms with Crippen LogP contribution in [0.25, 0.3) is 0 Å². The third-order valence-electron chi connectivity index (χ3n) is 2.73. The molecule has 6 nitrogen and oxygen atoms in total. The number of ether oxygens (including phenoxy) is 2. The van der Waals surface area contributed by atoms with Gasteiger partial charge in [0, 0.05) is 29.6 Å². The second-order valence-electron chi connectivity index (χ2n) is 4.23. The summed E-state index contributed by atoms with van der Waals surface area (Å²) >= 11 is 0. The fourth-order valence-electron chi connectivity index (χ4n) is 1.72. The fourth-order valence-corrected chi connectivity index (χ4v) is 1.72. The minimum Gasteiger partial charge on any atom is -0.508 e. The van der Waals surface area contributed by atoms with Crippen LogP contribution in [0.5, 0.6) is 17.2 Å². The first-order chi connectivity index (χ1) is 10.1. The van der Waals surface area contributed by atoms with Crippen molar-refractivity contribution in [2.24, 2.45) is 0 Å². The van der Waals surface area contributed by atoms with Crippen molar-refractivity contribution in [3.63, 3.8) is 0 Å². The molecular weight excluding hydrogens is 272 g/mol. The van der Waals surface area contributed by atoms with Crippen molar-refractivity contribution in [3.05, 3.63) is 42.5 Å². The van der Waals surface area contributed by atoms with E-state index in [4.69, 9.17) is 9.47 Å². The van der Waals surface area contributed by atoms with Crippen LogP contribution in [0.15, 0.2) is 42.5 Å². The number of urea groups is 1. The number of nitrogens with one attached hydrogen (secondary N) is 2. The maximum Gasteiger partial charge on any atom is 0.323 e. The minimum atomic E-state index is -0.406. The molecule has 2 aromatic rings. The Hall–Kier alpha value is -2.89. The molecule has 0 aliphatic carbocycles. The molecule has 0 aliphatic rings. The lowest BCUT2D eigenvalue weighted by molar-refractivity contribution is 0.262. The number of hydrogen-bond acceptors (Lipinski definition) is 4. The highest BCUT2D eigenvalue weighted by Crippen LogP contribution is 2.25. The van der Waals surface area contributed by atoms with Crippen LogP contribution in [0.2, 0.25) is 0 Å². The van der Waals surface area contributed by atoms with Crippen molar-refractivity contribution in [1.29, 1.82) is 0 Å². The van der Waals surface area contributed by atoms with Crippen molar-refractivity contribution in [1.82, 2.24) is 0 Å². The van der Waals surface area contributed by atoms with Crippen LogP contribution in [0.4, 0.5) is 16.2 Å². The normalized spacial score (nSPS) is 9.81. The van der Waals surface area contributed by atoms with Crippen LogP contribution in [-0.2, 0) is 0 Å². The summed E-state index contributed by atoms with van der Waals surface area (Å²) in [6, 6.07) is 10.8. The first-order valence-corrected chi connectivity index (χ1v) is 6.21. The molecule has 0 fully saturated rings. The van der Waals surface area contributed by atoms with Gasteiger partial charge in [0.1, 0.15) is 17.2 Å². The van der Waals surface area contributed by atoms with Gasteiger partial charge in [0.25, 0.3) is 0 Å². The standard InChI is InChI=1S/C15H16N2O4/c1-20-13-7-11(8-14(9-13)21-2)17-15(19)16-10-3-5-12(18)6-4-10/h3-9,18H,1-2H3,(H2,16,17,19). The van der Waals surface area contributed by atoms with Gasteiger partial charge < -0.3 is 25.2 Å². The van der Waals surface area contributed by atoms with Crippen molar-refractivity contribution < 1.29 is 19.4 Å². The molecule has 3 N–H and O–H groups in total. The van der Waals surface area contributed by atoms with E-state index in [-0.39, 0.29) is 5.75 Å². The summed E-state index contributed by atoms with van der Waals surface area (Å²) in [7, 11) is 3.07. The molecule has 0 radical (unpaired) electrons. The summed E-state index contributed by atoms with van der Waals surface area (Å²) in [5.41, 5.74) is 1.11. The average Bonchev–Trinajstić information content (AvgIpc) is 2.49. The Morgan fingerprint density at radius 1 is 0.905 bits per heavy atom. The van der Waals surface area contributed by atoms with Gasteiger partial charge in [0.2, 0.25) is 0 Å². The SMILES string of the molecule is COc1cc(NC(=O)Nc2ccc(O)cc2)cc(OC)c1. The van der Waals surface area contributed by atoms with E-state index in [1.165, 1.54) is 26.4 Å². The number of anilines is 2. The zero-order valence-electron chi connectivity index (χ0n) is 11.7. The van der Waals surface area contributed by atoms with Crippen LogP contribution >= 0.6 is 0 Å². The molecule has 0 saturated heterocycles. The van der Waals surface area contributed by atoms with Crippen molar-refractivity contribution in [3.8, 4) is 17.2 Å². The molecule has 0 atom stereocenters. The molecule has 2 rings (SSSR count). The lowest BCUT2D eigenvalue weighted by atomic mass is 10.2. The monoisotopic (exact) mass is 288 g/mol. The number of aromatic hydroxyl groups is 1. The van der Waals surface area contributed by atoms with Crippen molar-refractivity contribution >= 4 is 17.4 Å². The van der Waals surface area contributed by atoms with Crippen LogP contribution in [0, 0.1) is 0 Å². The Morgan fingerprint density at radius 3 is 1.95 bits per heavy atom. The molecule has 0 aromatic heterocycles. The van der Waals surface area contributed by atoms with Gasteiger partial charge in [-0.3, -0.25) is 0 Å². The van der Waals surface area contributed by atoms with Crippen LogP contribution in [0.1, 0.15) is 0 Å². The number of phenolic OH excluding ortho intramolecular Hbond substituents is 1. The lowest BCUT2D eigenvalue weighted by Crippen LogP contribution is -2.19. The zero-order chi connectivity index (χ0) is 15.2. The summed E-state index contributed by atoms with van der Waals surface area (Å²) in [6.07, 6.45) is 0. The molecule has 0 unspecified atom stereocenters. The Kier molecular flexibility index (Phi) is 4.50. The number of carbonyl (C=O) groups is 1. The van der Waals surface area contributed by atoms with E-state index in [1.807, 2.05) is 0 Å². The van der Waals surface area contributed by atoms with Gasteiger partial charge in [-0.2, -0.15) is 0 Å². The Bertz CT molecular complexity index is 604. The molecule has 0 aliphatic heterocycles. The molecule has 0 heterocycles. The van der Waals surface area contributed by atoms with E-state index in [2.05, 4.69) is 10.6 Å². The molecule has 6 heteroatoms. The van der Waals surface area contributed by atoms with E-state index in [1.54, 1.807) is 30.3 Å². The molecule has 0 saturated carbocycles. The maximum atomic E-state index is 11.9. The predicted octanol–water partition coefficient (Wildman–Crippen LogP) is 3.05. The number of methoxy groups -OCH3 is 2. The van der Waals surface area contributed by atoms with Crippen molar-refractivity contribution in [2.45, 2.75) is 0 Å². The topological polar surface area (TPSA) is 79.8 Å². The molecule has 2 amide bonds. The van der Waals surface area contributed by atoms with Gasteiger partial charge in [-0.1, -0.05) is 0 Å². The Morgan fingerprint density at radius 2 is 1.43 bits per heavy atom. The maximum absolute atomic E-state index is 11.9. The van der Waals surface area contributed by atoms with Gasteiger partial charge in [-0.25, -0.2) is 4.79 Å². The van der Waals surface area contributed by atoms with Gasteiger partial charge in [-0.05, 0) is 24.3 Å². The van der Waals surface area contributed by atoms with Gasteiger partial charge in [0.05, 0.1) is 14.2 Å². The first kappa shape index (κ1) is 14.5. The van der Waals surface area contributed by atoms with Crippen LogP contribution < -0.4 is 20.1 Å². The van der Waals surface area contributed by atoms with Crippen molar-refractivity contribution in [2.75, 3.05) is 24.9 Å². The number of hydrogen-bond donors (Lipinski definition) is 3.